The van der Waals surface area contributed by atoms with Crippen LogP contribution < -0.4 is 15.4 Å². The first-order valence-electron chi connectivity index (χ1n) is 11.3. The summed E-state index contributed by atoms with van der Waals surface area (Å²) in [4.78, 5) is 18.3. The second-order valence-corrected chi connectivity index (χ2v) is 8.53. The molecule has 1 fully saturated rings. The van der Waals surface area contributed by atoms with E-state index in [9.17, 15) is 4.79 Å². The Morgan fingerprint density at radius 2 is 1.91 bits per heavy atom. The third kappa shape index (κ3) is 3.28. The van der Waals surface area contributed by atoms with E-state index in [1.54, 1.807) is 0 Å². The molecule has 0 bridgehead atoms. The Hall–Kier alpha value is -3.51. The molecule has 162 valence electrons. The number of aromatic amines is 1. The molecule has 3 aliphatic heterocycles. The number of fused-ring (bicyclic) bond motifs is 2. The molecule has 1 aromatic heterocycles. The van der Waals surface area contributed by atoms with Gasteiger partial charge in [0.1, 0.15) is 11.6 Å². The van der Waals surface area contributed by atoms with Crippen LogP contribution in [0.2, 0.25) is 0 Å². The molecule has 3 aliphatic rings. The van der Waals surface area contributed by atoms with Crippen LogP contribution in [0, 0.1) is 0 Å². The minimum Gasteiger partial charge on any atom is -0.492 e. The number of nitrogens with zero attached hydrogens (tertiary/aromatic N) is 1. The van der Waals surface area contributed by atoms with Gasteiger partial charge in [-0.05, 0) is 34.9 Å². The van der Waals surface area contributed by atoms with Crippen LogP contribution in [-0.4, -0.2) is 55.1 Å². The summed E-state index contributed by atoms with van der Waals surface area (Å²) in [6, 6.07) is 14.4. The maximum absolute atomic E-state index is 13.0. The van der Waals surface area contributed by atoms with Gasteiger partial charge in [0, 0.05) is 67.6 Å². The molecule has 4 heterocycles. The van der Waals surface area contributed by atoms with Gasteiger partial charge in [0.05, 0.1) is 6.61 Å². The normalized spacial score (nSPS) is 17.1. The summed E-state index contributed by atoms with van der Waals surface area (Å²) in [5, 5.41) is 6.81. The van der Waals surface area contributed by atoms with E-state index in [4.69, 9.17) is 4.74 Å². The first-order chi connectivity index (χ1) is 15.8. The number of rotatable bonds is 3. The third-order valence-electron chi connectivity index (χ3n) is 6.58. The third-order valence-corrected chi connectivity index (χ3v) is 6.58. The predicted molar refractivity (Wildman–Crippen MR) is 127 cm³/mol. The maximum Gasteiger partial charge on any atom is 0.253 e. The predicted octanol–water partition coefficient (Wildman–Crippen LogP) is 3.63. The highest BCUT2D eigenvalue weighted by Crippen LogP contribution is 2.42. The van der Waals surface area contributed by atoms with Crippen LogP contribution in [-0.2, 0) is 6.42 Å². The molecule has 0 atom stereocenters. The lowest BCUT2D eigenvalue weighted by Gasteiger charge is -2.27. The number of nitrogens with one attached hydrogen (secondary N) is 3. The molecular weight excluding hydrogens is 400 g/mol. The van der Waals surface area contributed by atoms with Crippen molar-refractivity contribution in [3.8, 4) is 16.9 Å². The molecule has 6 nitrogen and oxygen atoms in total. The van der Waals surface area contributed by atoms with Gasteiger partial charge in [-0.25, -0.2) is 0 Å². The Balaban J connectivity index is 1.35. The van der Waals surface area contributed by atoms with Crippen LogP contribution in [0.3, 0.4) is 0 Å². The van der Waals surface area contributed by atoms with Crippen LogP contribution in [0.4, 0.5) is 5.82 Å². The smallest absolute Gasteiger partial charge is 0.253 e. The number of anilines is 1. The number of amides is 1. The monoisotopic (exact) mass is 426 g/mol. The minimum atomic E-state index is 0.109. The van der Waals surface area contributed by atoms with Crippen LogP contribution in [0.5, 0.6) is 5.75 Å². The van der Waals surface area contributed by atoms with Gasteiger partial charge in [0.15, 0.2) is 0 Å². The lowest BCUT2D eigenvalue weighted by molar-refractivity contribution is 0.0736. The van der Waals surface area contributed by atoms with E-state index in [2.05, 4.69) is 52.2 Å². The second kappa shape index (κ2) is 7.88. The number of carbonyl (C=O) groups is 1. The van der Waals surface area contributed by atoms with Crippen molar-refractivity contribution in [2.45, 2.75) is 6.42 Å². The summed E-state index contributed by atoms with van der Waals surface area (Å²) in [6.45, 7) is 4.67. The number of hydrogen-bond donors (Lipinski definition) is 3. The van der Waals surface area contributed by atoms with E-state index >= 15 is 0 Å². The lowest BCUT2D eigenvalue weighted by Crippen LogP contribution is -2.46. The highest BCUT2D eigenvalue weighted by molar-refractivity contribution is 5.99. The number of aromatic nitrogens is 1. The molecule has 3 aromatic rings. The number of H-pyrrole nitrogens is 1. The Labute approximate surface area is 187 Å². The van der Waals surface area contributed by atoms with Crippen molar-refractivity contribution in [3.05, 3.63) is 70.9 Å². The van der Waals surface area contributed by atoms with Gasteiger partial charge in [-0.3, -0.25) is 4.79 Å². The van der Waals surface area contributed by atoms with Crippen LogP contribution in [0.15, 0.2) is 48.7 Å². The zero-order chi connectivity index (χ0) is 21.5. The average molecular weight is 427 g/mol. The number of benzene rings is 2. The molecular formula is C26H26N4O2. The summed E-state index contributed by atoms with van der Waals surface area (Å²) in [5.74, 6) is 2.13. The summed E-state index contributed by atoms with van der Waals surface area (Å²) in [7, 11) is 0. The lowest BCUT2D eigenvalue weighted by atomic mass is 9.94. The number of ether oxygens (including phenoxy) is 1. The molecule has 0 unspecified atom stereocenters. The number of carbonyl (C=O) groups excluding carboxylic acids is 1. The Morgan fingerprint density at radius 1 is 1.03 bits per heavy atom. The topological polar surface area (TPSA) is 69.4 Å². The zero-order valence-corrected chi connectivity index (χ0v) is 17.9. The highest BCUT2D eigenvalue weighted by atomic mass is 16.5. The van der Waals surface area contributed by atoms with Crippen molar-refractivity contribution in [2.75, 3.05) is 44.6 Å². The first kappa shape index (κ1) is 19.2. The van der Waals surface area contributed by atoms with Gasteiger partial charge in [0.2, 0.25) is 0 Å². The molecule has 6 heteroatoms. The van der Waals surface area contributed by atoms with Crippen molar-refractivity contribution in [3.63, 3.8) is 0 Å². The number of para-hydroxylation sites is 1. The molecule has 0 spiro atoms. The van der Waals surface area contributed by atoms with Crippen molar-refractivity contribution in [1.82, 2.24) is 15.2 Å². The van der Waals surface area contributed by atoms with Gasteiger partial charge in [0.25, 0.3) is 5.91 Å². The standard InChI is InChI=1S/C26H26N4O2/c31-26(30-10-8-27-9-11-30)19-5-1-4-18(13-19)20-14-22-23(16-29-25(22)28-15-20)21-6-2-3-17-7-12-32-24(17)21/h1-6,13-14,16,27-29H,7-12,15H2. The maximum atomic E-state index is 13.0. The van der Waals surface area contributed by atoms with E-state index in [-0.39, 0.29) is 5.91 Å². The summed E-state index contributed by atoms with van der Waals surface area (Å²) in [6.07, 6.45) is 5.25. The van der Waals surface area contributed by atoms with Gasteiger partial charge >= 0.3 is 0 Å². The molecule has 1 saturated heterocycles. The molecule has 0 saturated carbocycles. The fraction of sp³-hybridized carbons (Fsp3) is 0.269. The van der Waals surface area contributed by atoms with E-state index in [0.717, 1.165) is 78.6 Å². The van der Waals surface area contributed by atoms with E-state index in [1.807, 2.05) is 23.1 Å². The Bertz CT molecular complexity index is 1220. The summed E-state index contributed by atoms with van der Waals surface area (Å²) < 4.78 is 5.95. The molecule has 2 aromatic carbocycles. The summed E-state index contributed by atoms with van der Waals surface area (Å²) >= 11 is 0. The van der Waals surface area contributed by atoms with Crippen molar-refractivity contribution in [2.24, 2.45) is 0 Å². The van der Waals surface area contributed by atoms with Crippen molar-refractivity contribution < 1.29 is 9.53 Å². The highest BCUT2D eigenvalue weighted by Gasteiger charge is 2.23. The zero-order valence-electron chi connectivity index (χ0n) is 17.9. The minimum absolute atomic E-state index is 0.109. The van der Waals surface area contributed by atoms with Gasteiger partial charge < -0.3 is 25.3 Å². The van der Waals surface area contributed by atoms with E-state index in [0.29, 0.717) is 6.54 Å². The molecule has 1 amide bonds. The number of hydrogen-bond acceptors (Lipinski definition) is 4. The van der Waals surface area contributed by atoms with Gasteiger partial charge in [-0.2, -0.15) is 0 Å². The first-order valence-corrected chi connectivity index (χ1v) is 11.3. The molecule has 32 heavy (non-hydrogen) atoms. The second-order valence-electron chi connectivity index (χ2n) is 8.53. The van der Waals surface area contributed by atoms with Crippen LogP contribution in [0.1, 0.15) is 27.0 Å². The fourth-order valence-corrected chi connectivity index (χ4v) is 4.88. The summed E-state index contributed by atoms with van der Waals surface area (Å²) in [5.41, 5.74) is 7.65. The Kier molecular flexibility index (Phi) is 4.72. The molecule has 0 aliphatic carbocycles. The fourth-order valence-electron chi connectivity index (χ4n) is 4.88. The molecule has 3 N–H and O–H groups in total. The number of piperazine rings is 1. The Morgan fingerprint density at radius 3 is 2.81 bits per heavy atom. The molecule has 0 radical (unpaired) electrons. The van der Waals surface area contributed by atoms with Gasteiger partial charge in [-0.1, -0.05) is 30.3 Å². The van der Waals surface area contributed by atoms with Gasteiger partial charge in [-0.15, -0.1) is 0 Å². The average Bonchev–Trinajstić information content (AvgIpc) is 3.51. The van der Waals surface area contributed by atoms with E-state index in [1.165, 1.54) is 11.1 Å². The van der Waals surface area contributed by atoms with Crippen LogP contribution in [0.25, 0.3) is 22.8 Å². The quantitative estimate of drug-likeness (QED) is 0.598. The SMILES string of the molecule is O=C(c1cccc(C2=Cc3c(-c4cccc5c4OCC5)c[nH]c3NC2)c1)N1CCNCC1. The largest absolute Gasteiger partial charge is 0.492 e. The van der Waals surface area contributed by atoms with Crippen LogP contribution >= 0.6 is 0 Å². The van der Waals surface area contributed by atoms with Crippen molar-refractivity contribution >= 4 is 23.4 Å². The molecule has 6 rings (SSSR count). The van der Waals surface area contributed by atoms with Crippen molar-refractivity contribution in [1.29, 1.82) is 0 Å². The van der Waals surface area contributed by atoms with E-state index < -0.39 is 0 Å².